The predicted octanol–water partition coefficient (Wildman–Crippen LogP) is 2.20. The van der Waals surface area contributed by atoms with Gasteiger partial charge >= 0.3 is 6.03 Å². The summed E-state index contributed by atoms with van der Waals surface area (Å²) < 4.78 is 0. The largest absolute Gasteiger partial charge is 0.366 e. The summed E-state index contributed by atoms with van der Waals surface area (Å²) in [6.07, 6.45) is 4.16. The second kappa shape index (κ2) is 6.04. The Morgan fingerprint density at radius 2 is 2.26 bits per heavy atom. The number of amides is 2. The normalized spacial score (nSPS) is 17.7. The van der Waals surface area contributed by atoms with E-state index < -0.39 is 0 Å². The van der Waals surface area contributed by atoms with Crippen molar-refractivity contribution in [3.05, 3.63) is 42.4 Å². The first kappa shape index (κ1) is 15.7. The fraction of sp³-hybridized carbons (Fsp3) is 0.278. The highest BCUT2D eigenvalue weighted by Crippen LogP contribution is 2.40. The van der Waals surface area contributed by atoms with Gasteiger partial charge in [0, 0.05) is 30.5 Å². The van der Waals surface area contributed by atoms with Gasteiger partial charge in [0.25, 0.3) is 0 Å². The van der Waals surface area contributed by atoms with E-state index in [0.29, 0.717) is 11.6 Å². The first-order valence-electron chi connectivity index (χ1n) is 8.84. The fourth-order valence-electron chi connectivity index (χ4n) is 3.77. The molecule has 1 saturated heterocycles. The summed E-state index contributed by atoms with van der Waals surface area (Å²) >= 11 is 0. The molecule has 27 heavy (non-hydrogen) atoms. The van der Waals surface area contributed by atoms with E-state index >= 15 is 0 Å². The maximum absolute atomic E-state index is 13.0. The highest BCUT2D eigenvalue weighted by atomic mass is 16.2. The molecule has 1 atom stereocenters. The van der Waals surface area contributed by atoms with Crippen molar-refractivity contribution >= 4 is 23.4 Å². The van der Waals surface area contributed by atoms with Gasteiger partial charge in [-0.25, -0.2) is 9.78 Å². The molecule has 0 saturated carbocycles. The number of rotatable bonds is 2. The molecule has 3 aromatic rings. The summed E-state index contributed by atoms with van der Waals surface area (Å²) in [5, 5.41) is 12.9. The van der Waals surface area contributed by atoms with Gasteiger partial charge in [-0.1, -0.05) is 0 Å². The molecule has 2 aliphatic rings. The van der Waals surface area contributed by atoms with E-state index in [-0.39, 0.29) is 12.1 Å². The van der Waals surface area contributed by atoms with Gasteiger partial charge in [-0.15, -0.1) is 5.10 Å². The molecular weight excluding hydrogens is 344 g/mol. The molecule has 2 N–H and O–H groups in total. The molecule has 5 rings (SSSR count). The molecule has 1 fully saturated rings. The van der Waals surface area contributed by atoms with Crippen LogP contribution in [0.4, 0.5) is 22.1 Å². The zero-order valence-corrected chi connectivity index (χ0v) is 14.8. The Morgan fingerprint density at radius 3 is 3.07 bits per heavy atom. The number of aromatic amines is 1. The number of fused-ring (bicyclic) bond motifs is 4. The lowest BCUT2D eigenvalue weighted by atomic mass is 10.1. The zero-order chi connectivity index (χ0) is 18.4. The molecule has 136 valence electrons. The number of nitrogens with zero attached hydrogens (tertiary/aromatic N) is 6. The monoisotopic (exact) mass is 362 g/mol. The van der Waals surface area contributed by atoms with Gasteiger partial charge in [0.05, 0.1) is 23.6 Å². The Bertz CT molecular complexity index is 1000. The minimum atomic E-state index is -0.243. The summed E-state index contributed by atoms with van der Waals surface area (Å²) in [7, 11) is 0. The third-order valence-electron chi connectivity index (χ3n) is 5.01. The number of hydrogen-bond donors (Lipinski definition) is 2. The van der Waals surface area contributed by atoms with Crippen molar-refractivity contribution in [2.24, 2.45) is 0 Å². The number of aryl methyl sites for hydroxylation is 1. The van der Waals surface area contributed by atoms with Gasteiger partial charge in [0.15, 0.2) is 11.6 Å². The molecule has 3 aromatic heterocycles. The van der Waals surface area contributed by atoms with Crippen LogP contribution in [0.25, 0.3) is 11.3 Å². The summed E-state index contributed by atoms with van der Waals surface area (Å²) in [6, 6.07) is 7.81. The number of aromatic nitrogens is 5. The van der Waals surface area contributed by atoms with Crippen molar-refractivity contribution in [1.82, 2.24) is 25.4 Å². The minimum Gasteiger partial charge on any atom is -0.366 e. The lowest BCUT2D eigenvalue weighted by Crippen LogP contribution is -2.48. The molecule has 0 aliphatic carbocycles. The topological polar surface area (TPSA) is 103 Å². The second-order valence-corrected chi connectivity index (χ2v) is 6.77. The molecule has 9 nitrogen and oxygen atoms in total. The van der Waals surface area contributed by atoms with Crippen LogP contribution in [0.15, 0.2) is 36.7 Å². The standard InChI is InChI=1S/C18H18N8O/c1-11-8-12(4-6-19-11)14-2-3-15-17(21-14)26(13-5-7-25(15)10-13)18(27)22-16-9-20-24-23-16/h2-4,6,8-9,13H,5,7,10H2,1H3,(H2,20,22,23,24,27)/t13-/m0/s1. The molecule has 0 unspecified atom stereocenters. The van der Waals surface area contributed by atoms with Crippen LogP contribution in [0.2, 0.25) is 0 Å². The van der Waals surface area contributed by atoms with Crippen LogP contribution >= 0.6 is 0 Å². The lowest BCUT2D eigenvalue weighted by molar-refractivity contribution is 0.254. The molecule has 2 amide bonds. The Balaban J connectivity index is 1.56. The van der Waals surface area contributed by atoms with Crippen LogP contribution in [-0.4, -0.2) is 50.5 Å². The molecule has 0 aromatic carbocycles. The van der Waals surface area contributed by atoms with Crippen molar-refractivity contribution in [3.63, 3.8) is 0 Å². The van der Waals surface area contributed by atoms with E-state index in [1.165, 1.54) is 6.20 Å². The van der Waals surface area contributed by atoms with Crippen LogP contribution in [0.1, 0.15) is 12.1 Å². The van der Waals surface area contributed by atoms with Crippen molar-refractivity contribution in [1.29, 1.82) is 0 Å². The average molecular weight is 362 g/mol. The van der Waals surface area contributed by atoms with Crippen LogP contribution in [-0.2, 0) is 0 Å². The van der Waals surface area contributed by atoms with Crippen LogP contribution in [0.5, 0.6) is 0 Å². The average Bonchev–Trinajstić information content (AvgIpc) is 3.32. The Hall–Kier alpha value is -3.49. The predicted molar refractivity (Wildman–Crippen MR) is 101 cm³/mol. The summed E-state index contributed by atoms with van der Waals surface area (Å²) in [6.45, 7) is 3.68. The first-order chi connectivity index (χ1) is 13.2. The van der Waals surface area contributed by atoms with Gasteiger partial charge in [-0.05, 0) is 37.6 Å². The van der Waals surface area contributed by atoms with E-state index in [1.807, 2.05) is 31.2 Å². The Kier molecular flexibility index (Phi) is 3.52. The third kappa shape index (κ3) is 2.67. The van der Waals surface area contributed by atoms with Gasteiger partial charge in [-0.2, -0.15) is 10.3 Å². The number of carbonyl (C=O) groups excluding carboxylic acids is 1. The highest BCUT2D eigenvalue weighted by Gasteiger charge is 2.40. The molecule has 2 bridgehead atoms. The van der Waals surface area contributed by atoms with E-state index in [0.717, 1.165) is 42.1 Å². The fourth-order valence-corrected chi connectivity index (χ4v) is 3.77. The summed E-state index contributed by atoms with van der Waals surface area (Å²) in [5.74, 6) is 1.07. The van der Waals surface area contributed by atoms with Crippen LogP contribution in [0, 0.1) is 6.92 Å². The molecule has 2 aliphatic heterocycles. The third-order valence-corrected chi connectivity index (χ3v) is 5.01. The lowest BCUT2D eigenvalue weighted by Gasteiger charge is -2.35. The van der Waals surface area contributed by atoms with Crippen LogP contribution < -0.4 is 15.1 Å². The number of pyridine rings is 2. The highest BCUT2D eigenvalue weighted by molar-refractivity contribution is 6.04. The number of carbonyl (C=O) groups is 1. The van der Waals surface area contributed by atoms with Crippen molar-refractivity contribution in [2.75, 3.05) is 28.2 Å². The van der Waals surface area contributed by atoms with Gasteiger partial charge in [0.1, 0.15) is 0 Å². The van der Waals surface area contributed by atoms with Crippen molar-refractivity contribution < 1.29 is 4.79 Å². The molecule has 0 spiro atoms. The minimum absolute atomic E-state index is 0.0892. The second-order valence-electron chi connectivity index (χ2n) is 6.77. The smallest absolute Gasteiger partial charge is 0.329 e. The molecule has 0 radical (unpaired) electrons. The number of urea groups is 1. The van der Waals surface area contributed by atoms with E-state index in [1.54, 1.807) is 11.1 Å². The molecular formula is C18H18N8O. The maximum Gasteiger partial charge on any atom is 0.329 e. The maximum atomic E-state index is 13.0. The van der Waals surface area contributed by atoms with Crippen molar-refractivity contribution in [3.8, 4) is 11.3 Å². The van der Waals surface area contributed by atoms with Crippen molar-refractivity contribution in [2.45, 2.75) is 19.4 Å². The molecule has 5 heterocycles. The number of anilines is 3. The van der Waals surface area contributed by atoms with E-state index in [9.17, 15) is 4.79 Å². The number of nitrogens with one attached hydrogen (secondary N) is 2. The van der Waals surface area contributed by atoms with Gasteiger partial charge < -0.3 is 4.90 Å². The Labute approximate surface area is 155 Å². The quantitative estimate of drug-likeness (QED) is 0.724. The van der Waals surface area contributed by atoms with Gasteiger partial charge in [-0.3, -0.25) is 15.2 Å². The zero-order valence-electron chi connectivity index (χ0n) is 14.8. The number of H-pyrrole nitrogens is 1. The summed E-state index contributed by atoms with van der Waals surface area (Å²) in [5.41, 5.74) is 3.71. The SMILES string of the molecule is Cc1cc(-c2ccc3c(n2)N(C(=O)Nc2cn[nH]n2)[C@H]2CCN3C2)ccn1. The summed E-state index contributed by atoms with van der Waals surface area (Å²) in [4.78, 5) is 26.1. The first-order valence-corrected chi connectivity index (χ1v) is 8.84. The Morgan fingerprint density at radius 1 is 1.33 bits per heavy atom. The van der Waals surface area contributed by atoms with E-state index in [2.05, 4.69) is 30.6 Å². The number of hydrogen-bond acceptors (Lipinski definition) is 6. The van der Waals surface area contributed by atoms with Gasteiger partial charge in [0.2, 0.25) is 0 Å². The van der Waals surface area contributed by atoms with E-state index in [4.69, 9.17) is 4.98 Å². The molecule has 9 heteroatoms. The van der Waals surface area contributed by atoms with Crippen LogP contribution in [0.3, 0.4) is 0 Å².